The average molecular weight is 309 g/mol. The summed E-state index contributed by atoms with van der Waals surface area (Å²) in [4.78, 5) is 8.68. The van der Waals surface area contributed by atoms with Gasteiger partial charge >= 0.3 is 0 Å². The van der Waals surface area contributed by atoms with Crippen molar-refractivity contribution in [1.29, 1.82) is 0 Å². The number of nitrogens with one attached hydrogen (secondary N) is 1. The number of rotatable bonds is 4. The Morgan fingerprint density at radius 1 is 1.38 bits per heavy atom. The fraction of sp³-hybridized carbons (Fsp3) is 0.812. The first-order chi connectivity index (χ1) is 9.93. The summed E-state index contributed by atoms with van der Waals surface area (Å²) in [6.07, 6.45) is 2.80. The third kappa shape index (κ3) is 3.83. The molecule has 0 amide bonds. The third-order valence-corrected chi connectivity index (χ3v) is 5.25. The van der Waals surface area contributed by atoms with E-state index in [-0.39, 0.29) is 11.5 Å². The normalized spacial score (nSPS) is 24.5. The number of hydrogen-bond donors (Lipinski definition) is 1. The Bertz CT molecular complexity index is 490. The molecule has 1 aliphatic carbocycles. The van der Waals surface area contributed by atoms with Crippen molar-refractivity contribution < 1.29 is 4.74 Å². The van der Waals surface area contributed by atoms with Crippen molar-refractivity contribution in [3.63, 3.8) is 0 Å². The molecule has 1 aliphatic heterocycles. The zero-order valence-corrected chi connectivity index (χ0v) is 14.4. The molecule has 2 heterocycles. The largest absolute Gasteiger partial charge is 0.368 e. The van der Waals surface area contributed by atoms with Crippen LogP contribution in [-0.4, -0.2) is 42.7 Å². The summed E-state index contributed by atoms with van der Waals surface area (Å²) in [5.41, 5.74) is 1.34. The molecule has 0 spiro atoms. The van der Waals surface area contributed by atoms with E-state index in [2.05, 4.69) is 38.0 Å². The van der Waals surface area contributed by atoms with Crippen LogP contribution in [0.25, 0.3) is 0 Å². The molecule has 5 heteroatoms. The Morgan fingerprint density at radius 2 is 2.14 bits per heavy atom. The molecule has 2 fully saturated rings. The second-order valence-electron chi connectivity index (χ2n) is 7.35. The topological polar surface area (TPSA) is 37.4 Å². The smallest absolute Gasteiger partial charge is 0.123 e. The quantitative estimate of drug-likeness (QED) is 0.928. The van der Waals surface area contributed by atoms with E-state index in [0.717, 1.165) is 37.3 Å². The van der Waals surface area contributed by atoms with E-state index >= 15 is 0 Å². The number of likely N-dealkylation sites (N-methyl/N-ethyl adjacent to an activating group) is 1. The van der Waals surface area contributed by atoms with Gasteiger partial charge in [-0.15, -0.1) is 11.3 Å². The third-order valence-electron chi connectivity index (χ3n) is 4.10. The van der Waals surface area contributed by atoms with Crippen molar-refractivity contribution in [2.75, 3.05) is 26.7 Å². The van der Waals surface area contributed by atoms with E-state index < -0.39 is 0 Å². The second-order valence-corrected chi connectivity index (χ2v) is 8.47. The molecule has 3 rings (SSSR count). The molecule has 118 valence electrons. The molecule has 1 unspecified atom stereocenters. The van der Waals surface area contributed by atoms with Gasteiger partial charge in [0, 0.05) is 36.0 Å². The maximum absolute atomic E-state index is 5.94. The van der Waals surface area contributed by atoms with Crippen molar-refractivity contribution in [2.45, 2.75) is 57.7 Å². The molecule has 1 atom stereocenters. The van der Waals surface area contributed by atoms with Gasteiger partial charge in [0.15, 0.2) is 0 Å². The number of aromatic nitrogens is 1. The Balaban J connectivity index is 1.80. The summed E-state index contributed by atoms with van der Waals surface area (Å²) in [6.45, 7) is 10.5. The molecular weight excluding hydrogens is 282 g/mol. The molecule has 1 saturated carbocycles. The molecule has 1 N–H and O–H groups in total. The van der Waals surface area contributed by atoms with Crippen molar-refractivity contribution >= 4 is 11.3 Å². The highest BCUT2D eigenvalue weighted by Gasteiger charge is 2.29. The molecule has 1 saturated heterocycles. The molecule has 1 aromatic heterocycles. The maximum Gasteiger partial charge on any atom is 0.123 e. The lowest BCUT2D eigenvalue weighted by Crippen LogP contribution is -2.35. The van der Waals surface area contributed by atoms with Crippen LogP contribution in [0.4, 0.5) is 0 Å². The lowest BCUT2D eigenvalue weighted by molar-refractivity contribution is -0.0210. The van der Waals surface area contributed by atoms with E-state index in [9.17, 15) is 0 Å². The maximum atomic E-state index is 5.94. The molecule has 1 aromatic rings. The number of hydrogen-bond acceptors (Lipinski definition) is 5. The summed E-state index contributed by atoms with van der Waals surface area (Å²) in [6, 6.07) is 0.737. The fourth-order valence-corrected chi connectivity index (χ4v) is 3.93. The zero-order valence-electron chi connectivity index (χ0n) is 13.6. The SMILES string of the molecule is CN1CCOC(c2nc(C(C)(C)C)c(CNC3CC3)s2)C1. The van der Waals surface area contributed by atoms with Crippen LogP contribution in [0.2, 0.25) is 0 Å². The zero-order chi connectivity index (χ0) is 15.0. The Hall–Kier alpha value is -0.490. The van der Waals surface area contributed by atoms with Gasteiger partial charge in [0.05, 0.1) is 12.3 Å². The minimum absolute atomic E-state index is 0.0931. The van der Waals surface area contributed by atoms with Gasteiger partial charge in [-0.05, 0) is 19.9 Å². The van der Waals surface area contributed by atoms with Crippen LogP contribution in [0.5, 0.6) is 0 Å². The first-order valence-corrected chi connectivity index (χ1v) is 8.79. The van der Waals surface area contributed by atoms with E-state index in [1.165, 1.54) is 23.4 Å². The molecule has 4 nitrogen and oxygen atoms in total. The van der Waals surface area contributed by atoms with Crippen LogP contribution < -0.4 is 5.32 Å². The van der Waals surface area contributed by atoms with E-state index in [1.54, 1.807) is 0 Å². The van der Waals surface area contributed by atoms with Crippen molar-refractivity contribution in [2.24, 2.45) is 0 Å². The summed E-state index contributed by atoms with van der Waals surface area (Å²) < 4.78 is 5.94. The number of nitrogens with zero attached hydrogens (tertiary/aromatic N) is 2. The lowest BCUT2D eigenvalue weighted by atomic mass is 9.91. The molecule has 0 bridgehead atoms. The Morgan fingerprint density at radius 3 is 2.76 bits per heavy atom. The summed E-state index contributed by atoms with van der Waals surface area (Å²) in [5, 5.41) is 4.78. The summed E-state index contributed by atoms with van der Waals surface area (Å²) in [5.74, 6) is 0. The predicted molar refractivity (Wildman–Crippen MR) is 86.9 cm³/mol. The Kier molecular flexibility index (Phi) is 4.37. The summed E-state index contributed by atoms with van der Waals surface area (Å²) >= 11 is 1.84. The monoisotopic (exact) mass is 309 g/mol. The van der Waals surface area contributed by atoms with E-state index in [4.69, 9.17) is 9.72 Å². The van der Waals surface area contributed by atoms with E-state index in [0.29, 0.717) is 0 Å². The minimum atomic E-state index is 0.0931. The molecule has 0 radical (unpaired) electrons. The number of ether oxygens (including phenoxy) is 1. The van der Waals surface area contributed by atoms with Crippen LogP contribution in [-0.2, 0) is 16.7 Å². The van der Waals surface area contributed by atoms with Crippen molar-refractivity contribution in [1.82, 2.24) is 15.2 Å². The molecule has 21 heavy (non-hydrogen) atoms. The van der Waals surface area contributed by atoms with E-state index in [1.807, 2.05) is 11.3 Å². The summed E-state index contributed by atoms with van der Waals surface area (Å²) in [7, 11) is 2.16. The highest BCUT2D eigenvalue weighted by atomic mass is 32.1. The van der Waals surface area contributed by atoms with Crippen molar-refractivity contribution in [3.8, 4) is 0 Å². The van der Waals surface area contributed by atoms with Crippen LogP contribution in [0.15, 0.2) is 0 Å². The fourth-order valence-electron chi connectivity index (χ4n) is 2.67. The molecule has 0 aromatic carbocycles. The minimum Gasteiger partial charge on any atom is -0.368 e. The predicted octanol–water partition coefficient (Wildman–Crippen LogP) is 2.70. The first kappa shape index (κ1) is 15.4. The van der Waals surface area contributed by atoms with Gasteiger partial charge < -0.3 is 15.0 Å². The number of morpholine rings is 1. The molecule has 2 aliphatic rings. The van der Waals surface area contributed by atoms with Crippen LogP contribution in [0.1, 0.15) is 55.3 Å². The highest BCUT2D eigenvalue weighted by Crippen LogP contribution is 2.34. The Labute approximate surface area is 131 Å². The number of thiazole rings is 1. The molecular formula is C16H27N3OS. The lowest BCUT2D eigenvalue weighted by Gasteiger charge is -2.28. The average Bonchev–Trinajstić information content (AvgIpc) is 3.13. The first-order valence-electron chi connectivity index (χ1n) is 7.97. The van der Waals surface area contributed by atoms with Gasteiger partial charge in [0.2, 0.25) is 0 Å². The van der Waals surface area contributed by atoms with Gasteiger partial charge in [-0.2, -0.15) is 0 Å². The second kappa shape index (κ2) is 5.95. The van der Waals surface area contributed by atoms with Crippen molar-refractivity contribution in [3.05, 3.63) is 15.6 Å². The van der Waals surface area contributed by atoms with Gasteiger partial charge in [0.25, 0.3) is 0 Å². The highest BCUT2D eigenvalue weighted by molar-refractivity contribution is 7.11. The van der Waals surface area contributed by atoms with Gasteiger partial charge in [-0.3, -0.25) is 0 Å². The van der Waals surface area contributed by atoms with Gasteiger partial charge in [-0.25, -0.2) is 4.98 Å². The van der Waals surface area contributed by atoms with Crippen LogP contribution >= 0.6 is 11.3 Å². The van der Waals surface area contributed by atoms with Crippen LogP contribution in [0.3, 0.4) is 0 Å². The van der Waals surface area contributed by atoms with Crippen LogP contribution in [0, 0.1) is 0 Å². The van der Waals surface area contributed by atoms with Gasteiger partial charge in [-0.1, -0.05) is 20.8 Å². The standard InChI is InChI=1S/C16H27N3OS/c1-16(2,3)14-13(9-17-11-5-6-11)21-15(18-14)12-10-19(4)7-8-20-12/h11-12,17H,5-10H2,1-4H3. The van der Waals surface area contributed by atoms with Gasteiger partial charge in [0.1, 0.15) is 11.1 Å².